The molecule has 0 heterocycles. The average Bonchev–Trinajstić information content (AvgIpc) is 3.14. The van der Waals surface area contributed by atoms with E-state index in [4.69, 9.17) is 33.5 Å². The Kier molecular flexibility index (Phi) is 36.9. The largest absolute Gasteiger partial charge is 0.446 e. The predicted octanol–water partition coefficient (Wildman–Crippen LogP) is 5.67. The zero-order valence-electron chi connectivity index (χ0n) is 34.5. The van der Waals surface area contributed by atoms with Crippen LogP contribution in [0.1, 0.15) is 124 Å². The summed E-state index contributed by atoms with van der Waals surface area (Å²) in [5.41, 5.74) is 0. The van der Waals surface area contributed by atoms with E-state index >= 15 is 0 Å². The van der Waals surface area contributed by atoms with E-state index in [2.05, 4.69) is 35.1 Å². The number of unbranched alkanes of at least 4 members (excludes halogenated alkanes) is 14. The van der Waals surface area contributed by atoms with E-state index in [9.17, 15) is 23.7 Å². The first-order chi connectivity index (χ1) is 27.0. The molecule has 0 saturated heterocycles. The van der Waals surface area contributed by atoms with Crippen LogP contribution < -0.4 is 21.3 Å². The number of carbonyl (C=O) groups excluding carboxylic acids is 4. The van der Waals surface area contributed by atoms with E-state index in [1.165, 1.54) is 82.9 Å². The number of hydrogen-bond donors (Lipinski definition) is 6. The Bertz CT molecular complexity index is 1040. The number of hydrogen-bond acceptors (Lipinski definition) is 11. The minimum Gasteiger partial charge on any atom is -0.446 e. The zero-order chi connectivity index (χ0) is 41.5. The van der Waals surface area contributed by atoms with Crippen LogP contribution in [0.5, 0.6) is 0 Å². The van der Waals surface area contributed by atoms with Gasteiger partial charge in [0.25, 0.3) is 0 Å². The number of thioether (sulfide) groups is 1. The van der Waals surface area contributed by atoms with Gasteiger partial charge in [-0.25, -0.2) is 9.59 Å². The zero-order valence-corrected chi connectivity index (χ0v) is 36.2. The Labute approximate surface area is 340 Å². The van der Waals surface area contributed by atoms with Gasteiger partial charge >= 0.3 is 19.8 Å². The van der Waals surface area contributed by atoms with Gasteiger partial charge in [-0.3, -0.25) is 14.2 Å². The Morgan fingerprint density at radius 3 is 1.61 bits per heavy atom. The van der Waals surface area contributed by atoms with E-state index in [-0.39, 0.29) is 76.4 Å². The lowest BCUT2D eigenvalue weighted by molar-refractivity contribution is -0.127. The molecule has 18 heteroatoms. The van der Waals surface area contributed by atoms with Crippen molar-refractivity contribution in [2.45, 2.75) is 136 Å². The van der Waals surface area contributed by atoms with Gasteiger partial charge in [-0.05, 0) is 12.8 Å². The summed E-state index contributed by atoms with van der Waals surface area (Å²) in [5, 5.41) is 10.9. The Morgan fingerprint density at radius 1 is 0.607 bits per heavy atom. The quantitative estimate of drug-likeness (QED) is 0.0325. The minimum atomic E-state index is -4.07. The van der Waals surface area contributed by atoms with Crippen molar-refractivity contribution in [2.24, 2.45) is 0 Å². The van der Waals surface area contributed by atoms with Crippen molar-refractivity contribution in [3.8, 4) is 0 Å². The topological polar surface area (TPSA) is 220 Å². The summed E-state index contributed by atoms with van der Waals surface area (Å²) in [6.45, 7) is 7.84. The third-order valence-corrected chi connectivity index (χ3v) is 10.3. The molecule has 0 unspecified atom stereocenters. The molecule has 56 heavy (non-hydrogen) atoms. The highest BCUT2D eigenvalue weighted by Gasteiger charge is 2.22. The third-order valence-electron chi connectivity index (χ3n) is 8.37. The molecule has 0 aromatic carbocycles. The molecule has 0 aromatic heterocycles. The lowest BCUT2D eigenvalue weighted by Crippen LogP contribution is -2.48. The number of rotatable bonds is 39. The van der Waals surface area contributed by atoms with Gasteiger partial charge in [-0.1, -0.05) is 104 Å². The van der Waals surface area contributed by atoms with Crippen molar-refractivity contribution in [3.05, 3.63) is 0 Å². The minimum absolute atomic E-state index is 0.0562. The van der Waals surface area contributed by atoms with Gasteiger partial charge in [0.15, 0.2) is 0 Å². The van der Waals surface area contributed by atoms with Gasteiger partial charge in [0.05, 0.1) is 45.8 Å². The van der Waals surface area contributed by atoms with Crippen molar-refractivity contribution in [3.63, 3.8) is 0 Å². The van der Waals surface area contributed by atoms with Gasteiger partial charge < -0.3 is 54.7 Å². The van der Waals surface area contributed by atoms with Crippen molar-refractivity contribution >= 4 is 43.4 Å². The molecule has 2 atom stereocenters. The van der Waals surface area contributed by atoms with Gasteiger partial charge in [0.1, 0.15) is 18.8 Å². The molecule has 0 aliphatic carbocycles. The molecule has 0 radical (unpaired) electrons. The van der Waals surface area contributed by atoms with Crippen LogP contribution >= 0.6 is 19.4 Å². The normalized spacial score (nSPS) is 12.4. The van der Waals surface area contributed by atoms with E-state index in [0.29, 0.717) is 13.1 Å². The van der Waals surface area contributed by atoms with E-state index in [1.54, 1.807) is 0 Å². The van der Waals surface area contributed by atoms with Crippen LogP contribution in [-0.2, 0) is 37.8 Å². The fourth-order valence-corrected chi connectivity index (χ4v) is 6.67. The molecule has 6 N–H and O–H groups in total. The standard InChI is InChI=1S/C38H75N4O12PS/c1-4-6-8-10-12-14-16-18-20-40-37(45)53-30-34(54-38(46)41-21-19-17-15-13-11-9-7-5-2)31-56-32-35(42-33(3)43)36(44)39-22-23-50-24-25-51-26-27-52-28-29-55(47,48)49/h34-35H,4-32H2,1-3H3,(H,39,44)(H,40,45)(H,41,46)(H,42,43)(H2,47,48,49)/t34-,35-/m1/s1. The molecule has 0 saturated carbocycles. The van der Waals surface area contributed by atoms with Gasteiger partial charge in [0, 0.05) is 38.1 Å². The smallest absolute Gasteiger partial charge is 0.407 e. The monoisotopic (exact) mass is 842 g/mol. The summed E-state index contributed by atoms with van der Waals surface area (Å²) in [4.78, 5) is 67.5. The lowest BCUT2D eigenvalue weighted by atomic mass is 10.1. The van der Waals surface area contributed by atoms with Crippen LogP contribution in [0, 0.1) is 0 Å². The Balaban J connectivity index is 4.70. The second kappa shape index (κ2) is 38.4. The summed E-state index contributed by atoms with van der Waals surface area (Å²) in [6.07, 6.45) is 16.1. The first-order valence-corrected chi connectivity index (χ1v) is 23.7. The fraction of sp³-hybridized carbons (Fsp3) is 0.895. The number of nitrogens with one attached hydrogen (secondary N) is 4. The number of ether oxygens (including phenoxy) is 5. The second-order valence-electron chi connectivity index (χ2n) is 13.7. The molecule has 4 amide bonds. The highest BCUT2D eigenvalue weighted by Crippen LogP contribution is 2.33. The van der Waals surface area contributed by atoms with Crippen LogP contribution in [0.3, 0.4) is 0 Å². The van der Waals surface area contributed by atoms with E-state index in [0.717, 1.165) is 38.5 Å². The number of amides is 4. The SMILES string of the molecule is CCCCCCCCCCNC(=O)OC[C@H](CSC[C@@H](NC(C)=O)C(=O)NCCOCCOCCOCCP(=O)(O)O)OC(=O)NCCCCCCCCCC. The molecule has 16 nitrogen and oxygen atoms in total. The van der Waals surface area contributed by atoms with Crippen LogP contribution in [0.15, 0.2) is 0 Å². The Hall–Kier alpha value is -2.14. The third kappa shape index (κ3) is 38.7. The number of carbonyl (C=O) groups is 4. The summed E-state index contributed by atoms with van der Waals surface area (Å²) < 4.78 is 37.7. The van der Waals surface area contributed by atoms with Crippen LogP contribution in [-0.4, -0.2) is 129 Å². The van der Waals surface area contributed by atoms with Crippen molar-refractivity contribution < 1.29 is 57.2 Å². The maximum absolute atomic E-state index is 12.9. The highest BCUT2D eigenvalue weighted by atomic mass is 32.2. The molecule has 0 spiro atoms. The average molecular weight is 843 g/mol. The van der Waals surface area contributed by atoms with Crippen molar-refractivity contribution in [1.29, 1.82) is 0 Å². The predicted molar refractivity (Wildman–Crippen MR) is 220 cm³/mol. The van der Waals surface area contributed by atoms with E-state index in [1.807, 2.05) is 0 Å². The molecule has 0 bridgehead atoms. The second-order valence-corrected chi connectivity index (χ2v) is 16.6. The Morgan fingerprint density at radius 2 is 1.09 bits per heavy atom. The van der Waals surface area contributed by atoms with Crippen molar-refractivity contribution in [1.82, 2.24) is 21.3 Å². The first-order valence-electron chi connectivity index (χ1n) is 20.7. The highest BCUT2D eigenvalue weighted by molar-refractivity contribution is 7.99. The first kappa shape index (κ1) is 53.9. The fourth-order valence-electron chi connectivity index (χ4n) is 5.27. The van der Waals surface area contributed by atoms with Gasteiger partial charge in [0.2, 0.25) is 11.8 Å². The number of alkyl carbamates (subject to hydrolysis) is 2. The molecule has 0 aliphatic rings. The summed E-state index contributed by atoms with van der Waals surface area (Å²) >= 11 is 1.28. The van der Waals surface area contributed by atoms with Crippen LogP contribution in [0.25, 0.3) is 0 Å². The molecular formula is C38H75N4O12PS. The van der Waals surface area contributed by atoms with Crippen LogP contribution in [0.4, 0.5) is 9.59 Å². The molecule has 330 valence electrons. The summed E-state index contributed by atoms with van der Waals surface area (Å²) in [7, 11) is -4.07. The summed E-state index contributed by atoms with van der Waals surface area (Å²) in [5.74, 6) is -0.384. The molecule has 0 aromatic rings. The molecular weight excluding hydrogens is 767 g/mol. The van der Waals surface area contributed by atoms with E-state index < -0.39 is 37.8 Å². The van der Waals surface area contributed by atoms with Crippen LogP contribution in [0.2, 0.25) is 0 Å². The van der Waals surface area contributed by atoms with Gasteiger partial charge in [-0.15, -0.1) is 0 Å². The molecule has 0 fully saturated rings. The maximum atomic E-state index is 12.9. The van der Waals surface area contributed by atoms with Gasteiger partial charge in [-0.2, -0.15) is 11.8 Å². The summed E-state index contributed by atoms with van der Waals surface area (Å²) in [6, 6.07) is -0.862. The lowest BCUT2D eigenvalue weighted by Gasteiger charge is -2.21. The maximum Gasteiger partial charge on any atom is 0.407 e. The molecule has 0 rings (SSSR count). The van der Waals surface area contributed by atoms with Crippen molar-refractivity contribution in [2.75, 3.05) is 83.6 Å². The molecule has 0 aliphatic heterocycles.